The number of hydrogen-bond acceptors (Lipinski definition) is 4. The molecule has 0 aliphatic rings. The van der Waals surface area contributed by atoms with Crippen molar-refractivity contribution >= 4 is 5.78 Å². The van der Waals surface area contributed by atoms with E-state index in [0.717, 1.165) is 5.56 Å². The van der Waals surface area contributed by atoms with Crippen molar-refractivity contribution in [1.29, 1.82) is 0 Å². The molecule has 106 valence electrons. The molecule has 0 unspecified atom stereocenters. The van der Waals surface area contributed by atoms with Crippen molar-refractivity contribution in [1.82, 2.24) is 0 Å². The zero-order chi connectivity index (χ0) is 14.5. The Morgan fingerprint density at radius 1 is 1.05 bits per heavy atom. The standard InChI is InChI=1S/C15H22O4/c1-12(16)14(2,3)18-19-15(4,5)17-11-13-9-7-6-8-10-13/h6-10H,11H2,1-5H3. The van der Waals surface area contributed by atoms with E-state index in [9.17, 15) is 4.79 Å². The average Bonchev–Trinajstić information content (AvgIpc) is 2.36. The molecule has 0 fully saturated rings. The summed E-state index contributed by atoms with van der Waals surface area (Å²) < 4.78 is 5.63. The van der Waals surface area contributed by atoms with E-state index >= 15 is 0 Å². The molecular formula is C15H22O4. The lowest BCUT2D eigenvalue weighted by Crippen LogP contribution is -2.38. The van der Waals surface area contributed by atoms with Gasteiger partial charge in [-0.2, -0.15) is 0 Å². The van der Waals surface area contributed by atoms with Crippen molar-refractivity contribution in [3.63, 3.8) is 0 Å². The van der Waals surface area contributed by atoms with E-state index in [1.165, 1.54) is 6.92 Å². The third kappa shape index (κ3) is 5.51. The lowest BCUT2D eigenvalue weighted by molar-refractivity contribution is -0.446. The summed E-state index contributed by atoms with van der Waals surface area (Å²) in [5.74, 6) is -1.03. The molecule has 0 atom stereocenters. The van der Waals surface area contributed by atoms with Gasteiger partial charge in [0.2, 0.25) is 0 Å². The van der Waals surface area contributed by atoms with Gasteiger partial charge in [0.1, 0.15) is 0 Å². The normalized spacial score (nSPS) is 12.5. The quantitative estimate of drug-likeness (QED) is 0.432. The van der Waals surface area contributed by atoms with Gasteiger partial charge in [0.05, 0.1) is 6.61 Å². The van der Waals surface area contributed by atoms with Crippen molar-refractivity contribution in [2.24, 2.45) is 0 Å². The molecule has 0 N–H and O–H groups in total. The Bertz CT molecular complexity index is 409. The van der Waals surface area contributed by atoms with Crippen LogP contribution in [0.3, 0.4) is 0 Å². The van der Waals surface area contributed by atoms with Crippen molar-refractivity contribution in [2.75, 3.05) is 0 Å². The molecule has 0 aliphatic carbocycles. The maximum absolute atomic E-state index is 11.3. The Morgan fingerprint density at radius 2 is 1.63 bits per heavy atom. The summed E-state index contributed by atoms with van der Waals surface area (Å²) in [5.41, 5.74) is 0.0675. The highest BCUT2D eigenvalue weighted by atomic mass is 17.2. The molecule has 1 aromatic carbocycles. The molecule has 0 saturated carbocycles. The van der Waals surface area contributed by atoms with Crippen LogP contribution < -0.4 is 0 Å². The second kappa shape index (κ2) is 6.28. The first-order valence-electron chi connectivity index (χ1n) is 6.29. The average molecular weight is 266 g/mol. The van der Waals surface area contributed by atoms with Crippen molar-refractivity contribution in [3.05, 3.63) is 35.9 Å². The first-order chi connectivity index (χ1) is 8.73. The van der Waals surface area contributed by atoms with Crippen LogP contribution >= 0.6 is 0 Å². The van der Waals surface area contributed by atoms with Crippen LogP contribution in [0.2, 0.25) is 0 Å². The Hall–Kier alpha value is -1.23. The lowest BCUT2D eigenvalue weighted by atomic mass is 10.1. The number of rotatable bonds is 7. The van der Waals surface area contributed by atoms with E-state index in [0.29, 0.717) is 6.61 Å². The summed E-state index contributed by atoms with van der Waals surface area (Å²) in [4.78, 5) is 21.7. The molecule has 0 radical (unpaired) electrons. The van der Waals surface area contributed by atoms with E-state index in [4.69, 9.17) is 14.5 Å². The summed E-state index contributed by atoms with van der Waals surface area (Å²) in [6.07, 6.45) is 0. The zero-order valence-electron chi connectivity index (χ0n) is 12.2. The second-order valence-electron chi connectivity index (χ2n) is 5.41. The molecule has 0 spiro atoms. The third-order valence-electron chi connectivity index (χ3n) is 2.73. The summed E-state index contributed by atoms with van der Waals surface area (Å²) in [5, 5.41) is 0. The highest BCUT2D eigenvalue weighted by Gasteiger charge is 2.30. The Labute approximate surface area is 114 Å². The van der Waals surface area contributed by atoms with E-state index in [-0.39, 0.29) is 5.78 Å². The van der Waals surface area contributed by atoms with Gasteiger partial charge in [-0.15, -0.1) is 0 Å². The van der Waals surface area contributed by atoms with Crippen LogP contribution in [-0.2, 0) is 25.9 Å². The minimum absolute atomic E-state index is 0.105. The molecule has 0 bridgehead atoms. The maximum Gasteiger partial charge on any atom is 0.196 e. The number of benzene rings is 1. The highest BCUT2D eigenvalue weighted by molar-refractivity contribution is 5.83. The number of Topliss-reactive ketones (excluding diaryl/α,β-unsaturated/α-hetero) is 1. The number of carbonyl (C=O) groups is 1. The van der Waals surface area contributed by atoms with E-state index in [1.54, 1.807) is 27.7 Å². The lowest BCUT2D eigenvalue weighted by Gasteiger charge is -2.29. The van der Waals surface area contributed by atoms with Gasteiger partial charge in [0.15, 0.2) is 17.2 Å². The Morgan fingerprint density at radius 3 is 2.16 bits per heavy atom. The van der Waals surface area contributed by atoms with Gasteiger partial charge in [0, 0.05) is 0 Å². The van der Waals surface area contributed by atoms with Crippen molar-refractivity contribution in [2.45, 2.75) is 52.6 Å². The molecule has 4 nitrogen and oxygen atoms in total. The smallest absolute Gasteiger partial charge is 0.196 e. The predicted molar refractivity (Wildman–Crippen MR) is 72.2 cm³/mol. The van der Waals surface area contributed by atoms with Crippen LogP contribution in [0.25, 0.3) is 0 Å². The minimum Gasteiger partial charge on any atom is -0.343 e. The molecule has 1 aromatic rings. The van der Waals surface area contributed by atoms with Gasteiger partial charge in [0.25, 0.3) is 0 Å². The topological polar surface area (TPSA) is 44.8 Å². The highest BCUT2D eigenvalue weighted by Crippen LogP contribution is 2.20. The molecule has 0 aromatic heterocycles. The van der Waals surface area contributed by atoms with Gasteiger partial charge in [-0.1, -0.05) is 30.3 Å². The molecule has 1 rings (SSSR count). The molecule has 0 amide bonds. The first-order valence-corrected chi connectivity index (χ1v) is 6.29. The summed E-state index contributed by atoms with van der Waals surface area (Å²) in [6, 6.07) is 9.78. The van der Waals surface area contributed by atoms with Crippen molar-refractivity contribution in [3.8, 4) is 0 Å². The van der Waals surface area contributed by atoms with Crippen LogP contribution in [0, 0.1) is 0 Å². The molecule has 0 heterocycles. The first kappa shape index (κ1) is 15.8. The van der Waals surface area contributed by atoms with Gasteiger partial charge in [-0.05, 0) is 40.2 Å². The van der Waals surface area contributed by atoms with Crippen molar-refractivity contribution < 1.29 is 19.3 Å². The van der Waals surface area contributed by atoms with Gasteiger partial charge in [-0.3, -0.25) is 4.79 Å². The largest absolute Gasteiger partial charge is 0.343 e. The molecule has 0 saturated heterocycles. The minimum atomic E-state index is -0.979. The Kier molecular flexibility index (Phi) is 5.23. The van der Waals surface area contributed by atoms with E-state index < -0.39 is 11.4 Å². The number of ether oxygens (including phenoxy) is 1. The molecule has 0 aliphatic heterocycles. The fourth-order valence-electron chi connectivity index (χ4n) is 1.12. The number of carbonyl (C=O) groups excluding carboxylic acids is 1. The summed E-state index contributed by atoms with van der Waals surface area (Å²) >= 11 is 0. The summed E-state index contributed by atoms with van der Waals surface area (Å²) in [7, 11) is 0. The number of ketones is 1. The SMILES string of the molecule is CC(=O)C(C)(C)OOC(C)(C)OCc1ccccc1. The van der Waals surface area contributed by atoms with E-state index in [2.05, 4.69) is 0 Å². The zero-order valence-corrected chi connectivity index (χ0v) is 12.2. The van der Waals surface area contributed by atoms with Gasteiger partial charge in [-0.25, -0.2) is 9.78 Å². The predicted octanol–water partition coefficient (Wildman–Crippen LogP) is 3.26. The van der Waals surface area contributed by atoms with Crippen LogP contribution in [0.5, 0.6) is 0 Å². The second-order valence-corrected chi connectivity index (χ2v) is 5.41. The van der Waals surface area contributed by atoms with Gasteiger partial charge >= 0.3 is 0 Å². The van der Waals surface area contributed by atoms with Crippen LogP contribution in [0.1, 0.15) is 40.2 Å². The number of hydrogen-bond donors (Lipinski definition) is 0. The Balaban J connectivity index is 2.46. The van der Waals surface area contributed by atoms with Gasteiger partial charge < -0.3 is 4.74 Å². The van der Waals surface area contributed by atoms with Crippen LogP contribution in [0.15, 0.2) is 30.3 Å². The van der Waals surface area contributed by atoms with Crippen LogP contribution in [0.4, 0.5) is 0 Å². The molecule has 4 heteroatoms. The fourth-order valence-corrected chi connectivity index (χ4v) is 1.12. The molecular weight excluding hydrogens is 244 g/mol. The monoisotopic (exact) mass is 266 g/mol. The fraction of sp³-hybridized carbons (Fsp3) is 0.533. The molecule has 19 heavy (non-hydrogen) atoms. The summed E-state index contributed by atoms with van der Waals surface area (Å²) in [6.45, 7) is 8.67. The maximum atomic E-state index is 11.3. The van der Waals surface area contributed by atoms with Crippen LogP contribution in [-0.4, -0.2) is 17.2 Å². The third-order valence-corrected chi connectivity index (χ3v) is 2.73. The van der Waals surface area contributed by atoms with E-state index in [1.807, 2.05) is 30.3 Å².